The molecule has 2 heterocycles. The Kier molecular flexibility index (Phi) is 4.41. The lowest BCUT2D eigenvalue weighted by atomic mass is 9.84. The van der Waals surface area contributed by atoms with Crippen molar-refractivity contribution in [3.8, 4) is 0 Å². The van der Waals surface area contributed by atoms with Crippen LogP contribution in [0.3, 0.4) is 0 Å². The van der Waals surface area contributed by atoms with E-state index in [4.69, 9.17) is 11.6 Å². The van der Waals surface area contributed by atoms with Gasteiger partial charge in [0.25, 0.3) is 5.91 Å². The topological polar surface area (TPSA) is 69.8 Å². The number of hydrogen-bond donors (Lipinski definition) is 3. The Hall–Kier alpha value is -1.85. The van der Waals surface area contributed by atoms with E-state index in [1.165, 1.54) is 0 Å². The van der Waals surface area contributed by atoms with Gasteiger partial charge in [0.1, 0.15) is 0 Å². The van der Waals surface area contributed by atoms with Crippen LogP contribution in [0.4, 0.5) is 0 Å². The van der Waals surface area contributed by atoms with Crippen LogP contribution in [-0.4, -0.2) is 29.2 Å². The van der Waals surface area contributed by atoms with Gasteiger partial charge in [-0.05, 0) is 11.6 Å². The summed E-state index contributed by atoms with van der Waals surface area (Å²) < 4.78 is 0. The van der Waals surface area contributed by atoms with E-state index >= 15 is 0 Å². The van der Waals surface area contributed by atoms with Crippen molar-refractivity contribution in [3.63, 3.8) is 0 Å². The van der Waals surface area contributed by atoms with E-state index in [0.717, 1.165) is 29.8 Å². The summed E-state index contributed by atoms with van der Waals surface area (Å²) in [5.41, 5.74) is 3.28. The normalized spacial score (nSPS) is 14.4. The van der Waals surface area contributed by atoms with E-state index in [1.54, 1.807) is 0 Å². The molecule has 0 fully saturated rings. The molecule has 1 aliphatic heterocycles. The van der Waals surface area contributed by atoms with Crippen LogP contribution in [0.1, 0.15) is 41.2 Å². The molecule has 3 rings (SSSR count). The van der Waals surface area contributed by atoms with Crippen molar-refractivity contribution in [3.05, 3.63) is 51.8 Å². The molecule has 0 saturated heterocycles. The lowest BCUT2D eigenvalue weighted by Crippen LogP contribution is -2.37. The number of carbonyl (C=O) groups excluding carboxylic acids is 1. The first-order valence-electron chi connectivity index (χ1n) is 7.79. The van der Waals surface area contributed by atoms with Crippen molar-refractivity contribution in [2.24, 2.45) is 0 Å². The molecular weight excluding hydrogens is 312 g/mol. The number of benzene rings is 1. The number of carbonyl (C=O) groups is 1. The van der Waals surface area contributed by atoms with Crippen LogP contribution in [0, 0.1) is 0 Å². The fourth-order valence-electron chi connectivity index (χ4n) is 2.90. The maximum absolute atomic E-state index is 12.5. The molecule has 1 aromatic heterocycles. The molecule has 23 heavy (non-hydrogen) atoms. The van der Waals surface area contributed by atoms with Gasteiger partial charge in [-0.15, -0.1) is 0 Å². The lowest BCUT2D eigenvalue weighted by Gasteiger charge is -2.26. The Bertz CT molecular complexity index is 723. The Morgan fingerprint density at radius 1 is 1.39 bits per heavy atom. The van der Waals surface area contributed by atoms with Crippen LogP contribution < -0.4 is 10.6 Å². The maximum atomic E-state index is 12.5. The van der Waals surface area contributed by atoms with E-state index < -0.39 is 0 Å². The van der Waals surface area contributed by atoms with Crippen molar-refractivity contribution in [1.82, 2.24) is 20.8 Å². The zero-order valence-electron chi connectivity index (χ0n) is 13.4. The minimum absolute atomic E-state index is 0.147. The number of nitrogens with zero attached hydrogens (tertiary/aromatic N) is 1. The second-order valence-electron chi connectivity index (χ2n) is 6.50. The number of aromatic amines is 1. The number of nitrogens with one attached hydrogen (secondary N) is 3. The molecule has 1 amide bonds. The number of amides is 1. The van der Waals surface area contributed by atoms with E-state index in [2.05, 4.69) is 34.7 Å². The highest BCUT2D eigenvalue weighted by Crippen LogP contribution is 2.29. The minimum atomic E-state index is -0.261. The van der Waals surface area contributed by atoms with E-state index in [-0.39, 0.29) is 11.3 Å². The van der Waals surface area contributed by atoms with Gasteiger partial charge in [-0.2, -0.15) is 5.10 Å². The fourth-order valence-corrected chi connectivity index (χ4v) is 3.29. The molecule has 6 heteroatoms. The van der Waals surface area contributed by atoms with Gasteiger partial charge in [-0.25, -0.2) is 0 Å². The predicted octanol–water partition coefficient (Wildman–Crippen LogP) is 2.42. The summed E-state index contributed by atoms with van der Waals surface area (Å²) in [5, 5.41) is 14.1. The first-order valence-corrected chi connectivity index (χ1v) is 8.17. The van der Waals surface area contributed by atoms with Gasteiger partial charge in [0.05, 0.1) is 0 Å². The minimum Gasteiger partial charge on any atom is -0.350 e. The van der Waals surface area contributed by atoms with Crippen LogP contribution >= 0.6 is 11.6 Å². The SMILES string of the molecule is CC(C)(CNC(=O)c1n[nH]c2c1CNCC2)c1ccccc1Cl. The van der Waals surface area contributed by atoms with Gasteiger partial charge in [-0.3, -0.25) is 9.89 Å². The fraction of sp³-hybridized carbons (Fsp3) is 0.412. The number of fused-ring (bicyclic) bond motifs is 1. The molecule has 0 saturated carbocycles. The third kappa shape index (κ3) is 3.26. The van der Waals surface area contributed by atoms with Crippen molar-refractivity contribution in [2.75, 3.05) is 13.1 Å². The highest BCUT2D eigenvalue weighted by Gasteiger charge is 2.26. The molecule has 1 aliphatic rings. The van der Waals surface area contributed by atoms with Crippen molar-refractivity contribution >= 4 is 17.5 Å². The van der Waals surface area contributed by atoms with Crippen molar-refractivity contribution in [2.45, 2.75) is 32.2 Å². The summed E-state index contributed by atoms with van der Waals surface area (Å²) in [4.78, 5) is 12.5. The zero-order chi connectivity index (χ0) is 16.4. The van der Waals surface area contributed by atoms with Crippen LogP contribution in [0.5, 0.6) is 0 Å². The van der Waals surface area contributed by atoms with Crippen LogP contribution in [0.2, 0.25) is 5.02 Å². The van der Waals surface area contributed by atoms with E-state index in [0.29, 0.717) is 23.8 Å². The molecule has 0 spiro atoms. The first kappa shape index (κ1) is 16.0. The summed E-state index contributed by atoms with van der Waals surface area (Å²) in [6.07, 6.45) is 0.876. The van der Waals surface area contributed by atoms with Crippen molar-refractivity contribution in [1.29, 1.82) is 0 Å². The number of halogens is 1. The van der Waals surface area contributed by atoms with E-state index in [1.807, 2.05) is 24.3 Å². The largest absolute Gasteiger partial charge is 0.350 e. The highest BCUT2D eigenvalue weighted by atomic mass is 35.5. The Labute approximate surface area is 140 Å². The summed E-state index contributed by atoms with van der Waals surface area (Å²) >= 11 is 6.28. The summed E-state index contributed by atoms with van der Waals surface area (Å²) in [5.74, 6) is -0.147. The molecule has 0 bridgehead atoms. The second-order valence-corrected chi connectivity index (χ2v) is 6.91. The Morgan fingerprint density at radius 2 is 2.17 bits per heavy atom. The molecule has 0 aliphatic carbocycles. The smallest absolute Gasteiger partial charge is 0.272 e. The van der Waals surface area contributed by atoms with Crippen LogP contribution in [0.15, 0.2) is 24.3 Å². The standard InChI is InChI=1S/C17H21ClN4O/c1-17(2,12-5-3-4-6-13(12)18)10-20-16(23)15-11-9-19-8-7-14(11)21-22-15/h3-6,19H,7-10H2,1-2H3,(H,20,23)(H,21,22). The molecule has 3 N–H and O–H groups in total. The van der Waals surface area contributed by atoms with Gasteiger partial charge in [0.15, 0.2) is 5.69 Å². The molecule has 2 aromatic rings. The van der Waals surface area contributed by atoms with Crippen LogP contribution in [0.25, 0.3) is 0 Å². The molecular formula is C17H21ClN4O. The molecule has 0 atom stereocenters. The third-order valence-corrected chi connectivity index (χ3v) is 4.64. The Balaban J connectivity index is 1.72. The summed E-state index contributed by atoms with van der Waals surface area (Å²) in [6.45, 7) is 6.22. The average Bonchev–Trinajstić information content (AvgIpc) is 2.97. The van der Waals surface area contributed by atoms with Gasteiger partial charge < -0.3 is 10.6 Å². The molecule has 122 valence electrons. The molecule has 1 aromatic carbocycles. The van der Waals surface area contributed by atoms with Crippen LogP contribution in [-0.2, 0) is 18.4 Å². The highest BCUT2D eigenvalue weighted by molar-refractivity contribution is 6.31. The number of hydrogen-bond acceptors (Lipinski definition) is 3. The average molecular weight is 333 g/mol. The Morgan fingerprint density at radius 3 is 2.96 bits per heavy atom. The number of H-pyrrole nitrogens is 1. The molecule has 0 unspecified atom stereocenters. The molecule has 0 radical (unpaired) electrons. The first-order chi connectivity index (χ1) is 11.0. The zero-order valence-corrected chi connectivity index (χ0v) is 14.1. The molecule has 5 nitrogen and oxygen atoms in total. The number of rotatable bonds is 4. The summed E-state index contributed by atoms with van der Waals surface area (Å²) in [7, 11) is 0. The van der Waals surface area contributed by atoms with Gasteiger partial charge in [-0.1, -0.05) is 43.6 Å². The maximum Gasteiger partial charge on any atom is 0.272 e. The van der Waals surface area contributed by atoms with E-state index in [9.17, 15) is 4.79 Å². The monoisotopic (exact) mass is 332 g/mol. The lowest BCUT2D eigenvalue weighted by molar-refractivity contribution is 0.0939. The van der Waals surface area contributed by atoms with Gasteiger partial charge in [0, 0.05) is 47.8 Å². The second kappa shape index (κ2) is 6.34. The number of aromatic nitrogens is 2. The third-order valence-electron chi connectivity index (χ3n) is 4.32. The predicted molar refractivity (Wildman–Crippen MR) is 90.8 cm³/mol. The van der Waals surface area contributed by atoms with Gasteiger partial charge >= 0.3 is 0 Å². The van der Waals surface area contributed by atoms with Gasteiger partial charge in [0.2, 0.25) is 0 Å². The van der Waals surface area contributed by atoms with Crippen molar-refractivity contribution < 1.29 is 4.79 Å². The quantitative estimate of drug-likeness (QED) is 0.805. The summed E-state index contributed by atoms with van der Waals surface area (Å²) in [6, 6.07) is 7.73.